The summed E-state index contributed by atoms with van der Waals surface area (Å²) in [5.74, 6) is 1.87. The van der Waals surface area contributed by atoms with Crippen molar-refractivity contribution in [2.45, 2.75) is 52.4 Å². The number of methoxy groups -OCH3 is 1. The molecule has 1 aliphatic heterocycles. The van der Waals surface area contributed by atoms with Gasteiger partial charge in [-0.25, -0.2) is 9.59 Å². The van der Waals surface area contributed by atoms with Crippen LogP contribution >= 0.6 is 0 Å². The maximum Gasteiger partial charge on any atom is 0.410 e. The van der Waals surface area contributed by atoms with Crippen molar-refractivity contribution in [3.8, 4) is 23.0 Å². The summed E-state index contributed by atoms with van der Waals surface area (Å²) in [5, 5.41) is 7.94. The van der Waals surface area contributed by atoms with E-state index in [1.165, 1.54) is 0 Å². The molecular formula is C29H36N4O7. The van der Waals surface area contributed by atoms with Crippen LogP contribution in [0.25, 0.3) is 11.5 Å². The normalized spacial score (nSPS) is 15.5. The molecule has 2 amide bonds. The second-order valence-corrected chi connectivity index (χ2v) is 10.4. The molecule has 4 rings (SSSR count). The number of aryl methyl sites for hydroxylation is 1. The SMILES string of the molecule is COc1ccc(-c2nnc(C)o2)cc1OCC[C@@H]1CN(C(=O)OCc2ccccc2)CCN1C(=O)OC(C)(C)C. The van der Waals surface area contributed by atoms with Crippen LogP contribution in [0.4, 0.5) is 9.59 Å². The van der Waals surface area contributed by atoms with Gasteiger partial charge in [0.25, 0.3) is 0 Å². The van der Waals surface area contributed by atoms with Gasteiger partial charge >= 0.3 is 12.2 Å². The Hall–Kier alpha value is -4.28. The third kappa shape index (κ3) is 7.64. The molecule has 2 aromatic carbocycles. The number of ether oxygens (including phenoxy) is 4. The lowest BCUT2D eigenvalue weighted by Gasteiger charge is -2.41. The van der Waals surface area contributed by atoms with Crippen molar-refractivity contribution in [2.75, 3.05) is 33.4 Å². The zero-order valence-electron chi connectivity index (χ0n) is 23.6. The first-order valence-corrected chi connectivity index (χ1v) is 13.2. The van der Waals surface area contributed by atoms with E-state index >= 15 is 0 Å². The van der Waals surface area contributed by atoms with Gasteiger partial charge < -0.3 is 33.2 Å². The summed E-state index contributed by atoms with van der Waals surface area (Å²) in [4.78, 5) is 29.2. The summed E-state index contributed by atoms with van der Waals surface area (Å²) in [7, 11) is 1.56. The Balaban J connectivity index is 1.43. The lowest BCUT2D eigenvalue weighted by Crippen LogP contribution is -2.57. The third-order valence-corrected chi connectivity index (χ3v) is 6.22. The summed E-state index contributed by atoms with van der Waals surface area (Å²) < 4.78 is 28.3. The second kappa shape index (κ2) is 12.7. The maximum absolute atomic E-state index is 13.0. The van der Waals surface area contributed by atoms with Gasteiger partial charge in [-0.2, -0.15) is 0 Å². The minimum Gasteiger partial charge on any atom is -0.493 e. The Morgan fingerprint density at radius 2 is 1.80 bits per heavy atom. The third-order valence-electron chi connectivity index (χ3n) is 6.22. The number of rotatable bonds is 8. The Labute approximate surface area is 234 Å². The van der Waals surface area contributed by atoms with E-state index in [-0.39, 0.29) is 25.8 Å². The zero-order valence-corrected chi connectivity index (χ0v) is 23.6. The molecule has 0 radical (unpaired) electrons. The zero-order chi connectivity index (χ0) is 28.7. The lowest BCUT2D eigenvalue weighted by atomic mass is 10.1. The van der Waals surface area contributed by atoms with Crippen molar-refractivity contribution in [1.29, 1.82) is 0 Å². The lowest BCUT2D eigenvalue weighted by molar-refractivity contribution is -0.00618. The molecule has 1 atom stereocenters. The summed E-state index contributed by atoms with van der Waals surface area (Å²) >= 11 is 0. The van der Waals surface area contributed by atoms with Gasteiger partial charge in [0.2, 0.25) is 11.8 Å². The molecule has 1 aliphatic rings. The van der Waals surface area contributed by atoms with E-state index in [1.807, 2.05) is 57.2 Å². The smallest absolute Gasteiger partial charge is 0.410 e. The minimum atomic E-state index is -0.648. The van der Waals surface area contributed by atoms with Crippen LogP contribution < -0.4 is 9.47 Å². The highest BCUT2D eigenvalue weighted by Crippen LogP contribution is 2.32. The molecule has 0 aliphatic carbocycles. The molecule has 11 nitrogen and oxygen atoms in total. The number of carbonyl (C=O) groups excluding carboxylic acids is 2. The van der Waals surface area contributed by atoms with Crippen molar-refractivity contribution in [3.63, 3.8) is 0 Å². The first-order chi connectivity index (χ1) is 19.1. The number of hydrogen-bond acceptors (Lipinski definition) is 9. The summed E-state index contributed by atoms with van der Waals surface area (Å²) in [5.41, 5.74) is 0.946. The van der Waals surface area contributed by atoms with Crippen LogP contribution in [0.15, 0.2) is 52.9 Å². The van der Waals surface area contributed by atoms with Crippen molar-refractivity contribution in [2.24, 2.45) is 0 Å². The van der Waals surface area contributed by atoms with Gasteiger partial charge in [0.05, 0.1) is 19.8 Å². The van der Waals surface area contributed by atoms with Crippen LogP contribution in [0.3, 0.4) is 0 Å². The first-order valence-electron chi connectivity index (χ1n) is 13.2. The van der Waals surface area contributed by atoms with Crippen molar-refractivity contribution in [1.82, 2.24) is 20.0 Å². The first kappa shape index (κ1) is 28.7. The monoisotopic (exact) mass is 552 g/mol. The molecule has 11 heteroatoms. The van der Waals surface area contributed by atoms with Gasteiger partial charge in [0, 0.05) is 38.5 Å². The number of piperazine rings is 1. The van der Waals surface area contributed by atoms with E-state index in [2.05, 4.69) is 10.2 Å². The predicted molar refractivity (Wildman–Crippen MR) is 146 cm³/mol. The van der Waals surface area contributed by atoms with Crippen molar-refractivity contribution < 1.29 is 33.0 Å². The Morgan fingerprint density at radius 3 is 2.48 bits per heavy atom. The average Bonchev–Trinajstić information content (AvgIpc) is 3.37. The summed E-state index contributed by atoms with van der Waals surface area (Å²) in [6.07, 6.45) is -0.418. The molecule has 2 heterocycles. The fourth-order valence-electron chi connectivity index (χ4n) is 4.28. The highest BCUT2D eigenvalue weighted by molar-refractivity contribution is 5.71. The van der Waals surface area contributed by atoms with E-state index < -0.39 is 17.8 Å². The van der Waals surface area contributed by atoms with Gasteiger partial charge in [-0.3, -0.25) is 0 Å². The quantitative estimate of drug-likeness (QED) is 0.377. The number of nitrogens with zero attached hydrogens (tertiary/aromatic N) is 4. The summed E-state index contributed by atoms with van der Waals surface area (Å²) in [6.45, 7) is 8.56. The molecule has 1 aromatic heterocycles. The average molecular weight is 553 g/mol. The van der Waals surface area contributed by atoms with Crippen LogP contribution in [-0.2, 0) is 16.1 Å². The molecule has 3 aromatic rings. The largest absolute Gasteiger partial charge is 0.493 e. The van der Waals surface area contributed by atoms with E-state index in [4.69, 9.17) is 23.4 Å². The number of amides is 2. The van der Waals surface area contributed by atoms with Crippen molar-refractivity contribution >= 4 is 12.2 Å². The highest BCUT2D eigenvalue weighted by atomic mass is 16.6. The topological polar surface area (TPSA) is 116 Å². The Bertz CT molecular complexity index is 1290. The van der Waals surface area contributed by atoms with Crippen LogP contribution in [0, 0.1) is 6.92 Å². The van der Waals surface area contributed by atoms with E-state index in [9.17, 15) is 9.59 Å². The summed E-state index contributed by atoms with van der Waals surface area (Å²) in [6, 6.07) is 14.5. The Kier molecular flexibility index (Phi) is 9.13. The van der Waals surface area contributed by atoms with Gasteiger partial charge in [-0.1, -0.05) is 30.3 Å². The number of hydrogen-bond donors (Lipinski definition) is 0. The van der Waals surface area contributed by atoms with Gasteiger partial charge in [0.15, 0.2) is 11.5 Å². The molecule has 0 spiro atoms. The number of benzene rings is 2. The fraction of sp³-hybridized carbons (Fsp3) is 0.448. The molecule has 1 fully saturated rings. The number of aromatic nitrogens is 2. The van der Waals surface area contributed by atoms with E-state index in [0.717, 1.165) is 5.56 Å². The van der Waals surface area contributed by atoms with E-state index in [0.29, 0.717) is 48.4 Å². The van der Waals surface area contributed by atoms with Crippen LogP contribution in [-0.4, -0.2) is 77.2 Å². The molecule has 0 unspecified atom stereocenters. The molecular weight excluding hydrogens is 516 g/mol. The standard InChI is InChI=1S/C29H36N4O7/c1-20-30-31-26(39-20)22-11-12-24(36-5)25(17-22)37-16-13-23-18-32(14-15-33(23)28(35)40-29(2,3)4)27(34)38-19-21-9-7-6-8-10-21/h6-12,17,23H,13-16,18-19H2,1-5H3/t23-/m1/s1. The molecule has 40 heavy (non-hydrogen) atoms. The number of carbonyl (C=O) groups is 2. The van der Waals surface area contributed by atoms with E-state index in [1.54, 1.807) is 36.0 Å². The highest BCUT2D eigenvalue weighted by Gasteiger charge is 2.35. The second-order valence-electron chi connectivity index (χ2n) is 10.4. The maximum atomic E-state index is 13.0. The Morgan fingerprint density at radius 1 is 1.02 bits per heavy atom. The molecule has 0 saturated carbocycles. The predicted octanol–water partition coefficient (Wildman–Crippen LogP) is 5.08. The van der Waals surface area contributed by atoms with Gasteiger partial charge in [-0.15, -0.1) is 10.2 Å². The van der Waals surface area contributed by atoms with Gasteiger partial charge in [-0.05, 0) is 44.5 Å². The molecule has 0 bridgehead atoms. The van der Waals surface area contributed by atoms with Crippen LogP contribution in [0.2, 0.25) is 0 Å². The minimum absolute atomic E-state index is 0.176. The molecule has 0 N–H and O–H groups in total. The van der Waals surface area contributed by atoms with Crippen LogP contribution in [0.1, 0.15) is 38.6 Å². The fourth-order valence-corrected chi connectivity index (χ4v) is 4.28. The molecule has 1 saturated heterocycles. The molecule has 214 valence electrons. The van der Waals surface area contributed by atoms with Gasteiger partial charge in [0.1, 0.15) is 12.2 Å². The van der Waals surface area contributed by atoms with Crippen LogP contribution in [0.5, 0.6) is 11.5 Å². The van der Waals surface area contributed by atoms with Crippen molar-refractivity contribution in [3.05, 3.63) is 60.0 Å².